The molecule has 0 amide bonds. The van der Waals surface area contributed by atoms with E-state index in [9.17, 15) is 0 Å². The summed E-state index contributed by atoms with van der Waals surface area (Å²) in [6.07, 6.45) is 2.86. The van der Waals surface area contributed by atoms with Crippen LogP contribution in [0, 0.1) is 0 Å². The summed E-state index contributed by atoms with van der Waals surface area (Å²) < 4.78 is 0. The first-order chi connectivity index (χ1) is 3.31. The summed E-state index contributed by atoms with van der Waals surface area (Å²) in [7, 11) is 0. The Balaban J connectivity index is 3.29. The Bertz CT molecular complexity index is 66.5. The van der Waals surface area contributed by atoms with E-state index in [2.05, 4.69) is 0 Å². The smallest absolute Gasteiger partial charge is 0.0578 e. The maximum atomic E-state index is 5.49. The van der Waals surface area contributed by atoms with Crippen molar-refractivity contribution in [2.24, 2.45) is 0 Å². The average Bonchev–Trinajstić information content (AvgIpc) is 1.68. The van der Waals surface area contributed by atoms with E-state index in [1.165, 1.54) is 0 Å². The van der Waals surface area contributed by atoms with Crippen molar-refractivity contribution in [2.75, 3.05) is 5.88 Å². The zero-order valence-electron chi connectivity index (χ0n) is 4.25. The van der Waals surface area contributed by atoms with Crippen LogP contribution in [0.25, 0.3) is 0 Å². The van der Waals surface area contributed by atoms with Crippen molar-refractivity contribution in [1.82, 2.24) is 0 Å². The average molecular weight is 139 g/mol. The van der Waals surface area contributed by atoms with Gasteiger partial charge in [-0.3, -0.25) is 0 Å². The molecule has 0 N–H and O–H groups in total. The maximum Gasteiger partial charge on any atom is 0.0578 e. The van der Waals surface area contributed by atoms with Gasteiger partial charge in [-0.2, -0.15) is 0 Å². The Labute approximate surface area is 54.1 Å². The first kappa shape index (κ1) is 7.32. The Kier molecular flexibility index (Phi) is 4.68. The zero-order chi connectivity index (χ0) is 5.70. The van der Waals surface area contributed by atoms with E-state index in [-0.39, 0.29) is 0 Å². The molecule has 0 saturated carbocycles. The van der Waals surface area contributed by atoms with Gasteiger partial charge in [0.05, 0.1) is 5.88 Å². The Morgan fingerprint density at radius 2 is 2.29 bits per heavy atom. The molecule has 0 aromatic heterocycles. The molecular weight excluding hydrogens is 131 g/mol. The SMILES string of the molecule is CC/C=C(/Cl)CCl. The summed E-state index contributed by atoms with van der Waals surface area (Å²) >= 11 is 10.8. The fourth-order valence-corrected chi connectivity index (χ4v) is 0.539. The molecule has 42 valence electrons. The van der Waals surface area contributed by atoms with Crippen LogP contribution < -0.4 is 0 Å². The molecule has 0 radical (unpaired) electrons. The molecule has 0 aliphatic rings. The molecule has 0 bridgehead atoms. The Hall–Kier alpha value is 0.320. The molecule has 2 heteroatoms. The lowest BCUT2D eigenvalue weighted by Gasteiger charge is -1.83. The van der Waals surface area contributed by atoms with E-state index < -0.39 is 0 Å². The third-order valence-corrected chi connectivity index (χ3v) is 1.27. The summed E-state index contributed by atoms with van der Waals surface area (Å²) in [6, 6.07) is 0. The van der Waals surface area contributed by atoms with E-state index in [1.807, 2.05) is 13.0 Å². The predicted octanol–water partition coefficient (Wildman–Crippen LogP) is 2.76. The van der Waals surface area contributed by atoms with Crippen molar-refractivity contribution in [2.45, 2.75) is 13.3 Å². The normalized spacial score (nSPS) is 12.1. The van der Waals surface area contributed by atoms with Crippen LogP contribution >= 0.6 is 23.2 Å². The van der Waals surface area contributed by atoms with Crippen LogP contribution in [-0.4, -0.2) is 5.88 Å². The van der Waals surface area contributed by atoms with Crippen molar-refractivity contribution in [1.29, 1.82) is 0 Å². The first-order valence-corrected chi connectivity index (χ1v) is 3.13. The van der Waals surface area contributed by atoms with Crippen LogP contribution in [0.15, 0.2) is 11.1 Å². The Morgan fingerprint density at radius 1 is 1.71 bits per heavy atom. The van der Waals surface area contributed by atoms with Gasteiger partial charge in [-0.25, -0.2) is 0 Å². The molecule has 0 aromatic rings. The molecule has 0 fully saturated rings. The third-order valence-electron chi connectivity index (χ3n) is 0.553. The van der Waals surface area contributed by atoms with Gasteiger partial charge >= 0.3 is 0 Å². The highest BCUT2D eigenvalue weighted by Crippen LogP contribution is 2.03. The largest absolute Gasteiger partial charge is 0.121 e. The van der Waals surface area contributed by atoms with E-state index in [0.29, 0.717) is 5.88 Å². The van der Waals surface area contributed by atoms with Gasteiger partial charge in [0, 0.05) is 5.03 Å². The lowest BCUT2D eigenvalue weighted by molar-refractivity contribution is 1.21. The van der Waals surface area contributed by atoms with Crippen LogP contribution in [0.3, 0.4) is 0 Å². The molecule has 0 aromatic carbocycles. The molecule has 0 atom stereocenters. The van der Waals surface area contributed by atoms with Gasteiger partial charge in [-0.1, -0.05) is 24.6 Å². The summed E-state index contributed by atoms with van der Waals surface area (Å²) in [5.41, 5.74) is 0. The van der Waals surface area contributed by atoms with Crippen molar-refractivity contribution in [3.63, 3.8) is 0 Å². The minimum atomic E-state index is 0.440. The summed E-state index contributed by atoms with van der Waals surface area (Å²) in [5, 5.41) is 0.740. The molecule has 0 spiro atoms. The number of rotatable bonds is 2. The van der Waals surface area contributed by atoms with E-state index in [0.717, 1.165) is 11.5 Å². The van der Waals surface area contributed by atoms with Crippen LogP contribution in [0.5, 0.6) is 0 Å². The zero-order valence-corrected chi connectivity index (χ0v) is 5.76. The van der Waals surface area contributed by atoms with Gasteiger partial charge in [-0.15, -0.1) is 11.6 Å². The lowest BCUT2D eigenvalue weighted by Crippen LogP contribution is -1.68. The van der Waals surface area contributed by atoms with Crippen molar-refractivity contribution < 1.29 is 0 Å². The third kappa shape index (κ3) is 4.17. The summed E-state index contributed by atoms with van der Waals surface area (Å²) in [5.74, 6) is 0.440. The van der Waals surface area contributed by atoms with Crippen molar-refractivity contribution >= 4 is 23.2 Å². The Morgan fingerprint density at radius 3 is 2.43 bits per heavy atom. The fraction of sp³-hybridized carbons (Fsp3) is 0.600. The maximum absolute atomic E-state index is 5.49. The molecule has 0 unspecified atom stereocenters. The fourth-order valence-electron chi connectivity index (χ4n) is 0.276. The van der Waals surface area contributed by atoms with Crippen LogP contribution in [0.2, 0.25) is 0 Å². The van der Waals surface area contributed by atoms with Crippen LogP contribution in [-0.2, 0) is 0 Å². The second-order valence-corrected chi connectivity index (χ2v) is 1.95. The number of hydrogen-bond acceptors (Lipinski definition) is 0. The minimum absolute atomic E-state index is 0.440. The quantitative estimate of drug-likeness (QED) is 0.516. The molecule has 0 aliphatic heterocycles. The summed E-state index contributed by atoms with van der Waals surface area (Å²) in [6.45, 7) is 2.02. The second-order valence-electron chi connectivity index (χ2n) is 1.19. The van der Waals surface area contributed by atoms with Crippen LogP contribution in [0.1, 0.15) is 13.3 Å². The molecule has 7 heavy (non-hydrogen) atoms. The number of alkyl halides is 1. The summed E-state index contributed by atoms with van der Waals surface area (Å²) in [4.78, 5) is 0. The minimum Gasteiger partial charge on any atom is -0.121 e. The number of allylic oxidation sites excluding steroid dienone is 2. The van der Waals surface area contributed by atoms with Gasteiger partial charge in [0.2, 0.25) is 0 Å². The molecule has 0 saturated heterocycles. The number of halogens is 2. The highest BCUT2D eigenvalue weighted by Gasteiger charge is 1.81. The second kappa shape index (κ2) is 4.48. The molecular formula is C5H8Cl2. The molecule has 0 nitrogen and oxygen atoms in total. The molecule has 0 aliphatic carbocycles. The van der Waals surface area contributed by atoms with Gasteiger partial charge < -0.3 is 0 Å². The van der Waals surface area contributed by atoms with Gasteiger partial charge in [0.25, 0.3) is 0 Å². The standard InChI is InChI=1S/C5H8Cl2/c1-2-3-5(7)4-6/h3H,2,4H2,1H3/b5-3+. The first-order valence-electron chi connectivity index (χ1n) is 2.21. The predicted molar refractivity (Wildman–Crippen MR) is 34.9 cm³/mol. The van der Waals surface area contributed by atoms with E-state index >= 15 is 0 Å². The number of hydrogen-bond donors (Lipinski definition) is 0. The van der Waals surface area contributed by atoms with E-state index in [1.54, 1.807) is 0 Å². The lowest BCUT2D eigenvalue weighted by atomic mass is 10.4. The van der Waals surface area contributed by atoms with E-state index in [4.69, 9.17) is 23.2 Å². The van der Waals surface area contributed by atoms with Gasteiger partial charge in [0.1, 0.15) is 0 Å². The van der Waals surface area contributed by atoms with Crippen molar-refractivity contribution in [3.05, 3.63) is 11.1 Å². The van der Waals surface area contributed by atoms with Crippen LogP contribution in [0.4, 0.5) is 0 Å². The van der Waals surface area contributed by atoms with Gasteiger partial charge in [0.15, 0.2) is 0 Å². The van der Waals surface area contributed by atoms with Crippen molar-refractivity contribution in [3.8, 4) is 0 Å². The molecule has 0 heterocycles. The molecule has 0 rings (SSSR count). The monoisotopic (exact) mass is 138 g/mol. The van der Waals surface area contributed by atoms with Gasteiger partial charge in [-0.05, 0) is 6.42 Å². The highest BCUT2D eigenvalue weighted by molar-refractivity contribution is 6.35. The highest BCUT2D eigenvalue weighted by atomic mass is 35.5. The topological polar surface area (TPSA) is 0 Å².